The fourth-order valence-electron chi connectivity index (χ4n) is 5.03. The number of nitrogens with two attached hydrogens (primary N) is 1. The van der Waals surface area contributed by atoms with E-state index in [4.69, 9.17) is 5.73 Å². The summed E-state index contributed by atoms with van der Waals surface area (Å²) in [6, 6.07) is 13.1. The summed E-state index contributed by atoms with van der Waals surface area (Å²) in [6.07, 6.45) is -0.227. The van der Waals surface area contributed by atoms with Gasteiger partial charge in [-0.25, -0.2) is 8.78 Å². The Labute approximate surface area is 216 Å². The third-order valence-electron chi connectivity index (χ3n) is 6.87. The van der Waals surface area contributed by atoms with E-state index in [0.29, 0.717) is 21.3 Å². The second-order valence-corrected chi connectivity index (χ2v) is 10.2. The first-order chi connectivity index (χ1) is 17.7. The first-order valence-electron chi connectivity index (χ1n) is 11.9. The van der Waals surface area contributed by atoms with Crippen molar-refractivity contribution in [2.75, 3.05) is 6.54 Å². The highest BCUT2D eigenvalue weighted by atomic mass is 32.1. The number of aromatic nitrogens is 1. The van der Waals surface area contributed by atoms with Crippen LogP contribution in [0.3, 0.4) is 0 Å². The maximum atomic E-state index is 15.4. The SMILES string of the molecule is Cc1ccccc1-c1cccc(CC(=O)[C@@H]2C[C@@H](F)CN2C(=O)Cn2cc(C(N)=O)c3ccsc32)c1F. The number of hydrogen-bond donors (Lipinski definition) is 1. The zero-order valence-electron chi connectivity index (χ0n) is 20.1. The Kier molecular flexibility index (Phi) is 6.64. The van der Waals surface area contributed by atoms with Gasteiger partial charge in [-0.15, -0.1) is 11.3 Å². The molecule has 3 heterocycles. The Morgan fingerprint density at radius 3 is 2.59 bits per heavy atom. The third kappa shape index (κ3) is 4.67. The molecule has 0 spiro atoms. The van der Waals surface area contributed by atoms with Gasteiger partial charge in [-0.2, -0.15) is 0 Å². The van der Waals surface area contributed by atoms with Crippen LogP contribution in [0, 0.1) is 12.7 Å². The summed E-state index contributed by atoms with van der Waals surface area (Å²) in [4.78, 5) is 40.2. The Morgan fingerprint density at radius 1 is 1.08 bits per heavy atom. The molecule has 2 amide bonds. The largest absolute Gasteiger partial charge is 0.366 e. The minimum atomic E-state index is -1.35. The van der Waals surface area contributed by atoms with Crippen LogP contribution >= 0.6 is 11.3 Å². The van der Waals surface area contributed by atoms with Gasteiger partial charge in [-0.05, 0) is 35.1 Å². The molecule has 2 aromatic carbocycles. The lowest BCUT2D eigenvalue weighted by Gasteiger charge is -2.24. The third-order valence-corrected chi connectivity index (χ3v) is 7.82. The van der Waals surface area contributed by atoms with E-state index in [-0.39, 0.29) is 31.5 Å². The van der Waals surface area contributed by atoms with Crippen LogP contribution in [0.25, 0.3) is 21.3 Å². The number of amides is 2. The van der Waals surface area contributed by atoms with E-state index >= 15 is 4.39 Å². The van der Waals surface area contributed by atoms with Crippen molar-refractivity contribution in [2.24, 2.45) is 5.73 Å². The molecule has 0 bridgehead atoms. The van der Waals surface area contributed by atoms with E-state index in [0.717, 1.165) is 11.1 Å². The highest BCUT2D eigenvalue weighted by Gasteiger charge is 2.39. The zero-order valence-corrected chi connectivity index (χ0v) is 20.9. The Balaban J connectivity index is 1.37. The maximum Gasteiger partial charge on any atom is 0.250 e. The van der Waals surface area contributed by atoms with Crippen LogP contribution in [-0.4, -0.2) is 45.8 Å². The van der Waals surface area contributed by atoms with Gasteiger partial charge < -0.3 is 15.2 Å². The molecule has 1 aliphatic rings. The van der Waals surface area contributed by atoms with E-state index in [9.17, 15) is 18.8 Å². The molecule has 2 N–H and O–H groups in total. The number of thiophene rings is 1. The van der Waals surface area contributed by atoms with Gasteiger partial charge >= 0.3 is 0 Å². The standard InChI is InChI=1S/C28H25F2N3O3S/c1-16-5-2-3-7-19(16)20-8-4-6-17(26(20)30)11-24(34)23-12-18(29)13-33(23)25(35)15-32-14-22(27(31)36)21-9-10-37-28(21)32/h2-10,14,18,23H,11-13,15H2,1H3,(H2,31,36)/t18-,23+/m1/s1. The molecule has 1 aliphatic heterocycles. The number of likely N-dealkylation sites (tertiary alicyclic amines) is 1. The van der Waals surface area contributed by atoms with Crippen LogP contribution in [0.4, 0.5) is 8.78 Å². The van der Waals surface area contributed by atoms with Crippen molar-refractivity contribution in [3.05, 3.63) is 82.6 Å². The van der Waals surface area contributed by atoms with Gasteiger partial charge in [0.2, 0.25) is 5.91 Å². The van der Waals surface area contributed by atoms with Crippen LogP contribution in [0.1, 0.15) is 27.9 Å². The van der Waals surface area contributed by atoms with Gasteiger partial charge in [0.05, 0.1) is 18.2 Å². The smallest absolute Gasteiger partial charge is 0.250 e. The maximum absolute atomic E-state index is 15.4. The monoisotopic (exact) mass is 521 g/mol. The van der Waals surface area contributed by atoms with E-state index in [2.05, 4.69) is 0 Å². The lowest BCUT2D eigenvalue weighted by atomic mass is 9.95. The predicted molar refractivity (Wildman–Crippen MR) is 139 cm³/mol. The fraction of sp³-hybridized carbons (Fsp3) is 0.250. The summed E-state index contributed by atoms with van der Waals surface area (Å²) in [5.74, 6) is -1.97. The number of halogens is 2. The summed E-state index contributed by atoms with van der Waals surface area (Å²) in [5, 5.41) is 2.43. The molecule has 2 aromatic heterocycles. The van der Waals surface area contributed by atoms with Crippen LogP contribution < -0.4 is 5.73 Å². The molecule has 6 nitrogen and oxygen atoms in total. The predicted octanol–water partition coefficient (Wildman–Crippen LogP) is 4.67. The number of carbonyl (C=O) groups is 3. The quantitative estimate of drug-likeness (QED) is 0.384. The molecule has 190 valence electrons. The minimum absolute atomic E-state index is 0.129. The topological polar surface area (TPSA) is 85.4 Å². The van der Waals surface area contributed by atoms with Crippen molar-refractivity contribution >= 4 is 39.2 Å². The summed E-state index contributed by atoms with van der Waals surface area (Å²) in [7, 11) is 0. The molecule has 1 fully saturated rings. The van der Waals surface area contributed by atoms with Gasteiger partial charge in [-0.3, -0.25) is 14.4 Å². The van der Waals surface area contributed by atoms with Gasteiger partial charge in [0.1, 0.15) is 23.4 Å². The molecule has 9 heteroatoms. The Morgan fingerprint density at radius 2 is 1.84 bits per heavy atom. The number of hydrogen-bond acceptors (Lipinski definition) is 4. The molecule has 2 atom stereocenters. The molecule has 0 radical (unpaired) electrons. The number of benzene rings is 2. The van der Waals surface area contributed by atoms with E-state index in [1.807, 2.05) is 31.2 Å². The highest BCUT2D eigenvalue weighted by Crippen LogP contribution is 2.30. The number of alkyl halides is 1. The van der Waals surface area contributed by atoms with Gasteiger partial charge in [0.25, 0.3) is 5.91 Å². The number of nitrogens with zero attached hydrogens (tertiary/aromatic N) is 2. The summed E-state index contributed by atoms with van der Waals surface area (Å²) >= 11 is 1.35. The number of Topliss-reactive ketones (excluding diaryl/α,β-unsaturated/α-hetero) is 1. The molecule has 5 rings (SSSR count). The van der Waals surface area contributed by atoms with Crippen molar-refractivity contribution in [2.45, 2.75) is 38.5 Å². The van der Waals surface area contributed by atoms with Gasteiger partial charge in [0.15, 0.2) is 5.78 Å². The number of primary amides is 1. The summed E-state index contributed by atoms with van der Waals surface area (Å²) in [6.45, 7) is 1.51. The van der Waals surface area contributed by atoms with Gasteiger partial charge in [0, 0.05) is 30.0 Å². The molecular weight excluding hydrogens is 496 g/mol. The second-order valence-electron chi connectivity index (χ2n) is 9.31. The molecule has 4 aromatic rings. The first-order valence-corrected chi connectivity index (χ1v) is 12.8. The first kappa shape index (κ1) is 24.8. The van der Waals surface area contributed by atoms with Crippen molar-refractivity contribution < 1.29 is 23.2 Å². The minimum Gasteiger partial charge on any atom is -0.366 e. The van der Waals surface area contributed by atoms with Crippen LogP contribution in [0.2, 0.25) is 0 Å². The highest BCUT2D eigenvalue weighted by molar-refractivity contribution is 7.16. The molecular formula is C28H25F2N3O3S. The molecule has 0 saturated carbocycles. The van der Waals surface area contributed by atoms with E-state index in [1.165, 1.54) is 22.4 Å². The molecule has 0 aliphatic carbocycles. The van der Waals surface area contributed by atoms with Crippen molar-refractivity contribution in [1.82, 2.24) is 9.47 Å². The van der Waals surface area contributed by atoms with E-state index in [1.54, 1.807) is 34.2 Å². The molecule has 37 heavy (non-hydrogen) atoms. The number of rotatable bonds is 7. The van der Waals surface area contributed by atoms with E-state index < -0.39 is 35.6 Å². The lowest BCUT2D eigenvalue weighted by molar-refractivity contribution is -0.137. The Hall–Kier alpha value is -3.85. The van der Waals surface area contributed by atoms with Crippen LogP contribution in [0.5, 0.6) is 0 Å². The fourth-order valence-corrected chi connectivity index (χ4v) is 5.92. The summed E-state index contributed by atoms with van der Waals surface area (Å²) in [5.41, 5.74) is 7.99. The van der Waals surface area contributed by atoms with Gasteiger partial charge in [-0.1, -0.05) is 42.5 Å². The number of ketones is 1. The van der Waals surface area contributed by atoms with Crippen LogP contribution in [0.15, 0.2) is 60.1 Å². The van der Waals surface area contributed by atoms with Crippen molar-refractivity contribution in [3.8, 4) is 11.1 Å². The molecule has 1 saturated heterocycles. The average Bonchev–Trinajstić information content (AvgIpc) is 3.57. The lowest BCUT2D eigenvalue weighted by Crippen LogP contribution is -2.42. The number of aryl methyl sites for hydroxylation is 1. The normalized spacial score (nSPS) is 17.4. The number of carbonyl (C=O) groups excluding carboxylic acids is 3. The number of fused-ring (bicyclic) bond motifs is 1. The Bertz CT molecular complexity index is 1530. The molecule has 0 unspecified atom stereocenters. The summed E-state index contributed by atoms with van der Waals surface area (Å²) < 4.78 is 31.5. The van der Waals surface area contributed by atoms with Crippen molar-refractivity contribution in [3.63, 3.8) is 0 Å². The van der Waals surface area contributed by atoms with Crippen LogP contribution in [-0.2, 0) is 22.6 Å². The zero-order chi connectivity index (χ0) is 26.3. The average molecular weight is 522 g/mol. The second kappa shape index (κ2) is 9.89. The van der Waals surface area contributed by atoms with Crippen molar-refractivity contribution in [1.29, 1.82) is 0 Å².